The van der Waals surface area contributed by atoms with E-state index in [1.165, 1.54) is 0 Å². The maximum Gasteiger partial charge on any atom is 0 e. The molecule has 0 heterocycles. The smallest absolute Gasteiger partial charge is 0 e. The molecule has 0 aliphatic carbocycles. The maximum absolute atomic E-state index is 0. The summed E-state index contributed by atoms with van der Waals surface area (Å²) in [6.45, 7) is 0. The molecule has 0 rings (SSSR count). The normalized spacial score (nSPS) is 0. The lowest BCUT2D eigenvalue weighted by atomic mass is 10.8. The van der Waals surface area contributed by atoms with Crippen molar-refractivity contribution >= 4 is 8.41 Å². The fraction of sp³-hybridized carbons (Fsp3) is 0. The predicted octanol–water partition coefficient (Wildman–Crippen LogP) is -9.37. The Morgan fingerprint density at radius 2 is 0.500 bits per heavy atom. The van der Waals surface area contributed by atoms with E-state index in [9.17, 15) is 0 Å². The Morgan fingerprint density at radius 3 is 0.500 bits per heavy atom. The fourth-order valence-electron chi connectivity index (χ4n) is 0. The van der Waals surface area contributed by atoms with E-state index in [4.69, 9.17) is 0 Å². The van der Waals surface area contributed by atoms with E-state index >= 15 is 0 Å². The zero-order valence-corrected chi connectivity index (χ0v) is 1.71. The average molecular weight is 67.8 g/mol. The minimum Gasteiger partial charge on any atom is -1.00 e. The van der Waals surface area contributed by atoms with Crippen molar-refractivity contribution in [3.8, 4) is 0 Å². The zero-order chi connectivity index (χ0) is 0. The molecular weight excluding hydrogens is 67.8 g/mol. The first kappa shape index (κ1) is 1490. The van der Waals surface area contributed by atoms with Gasteiger partial charge in [0, 0.05) is 8.41 Å². The van der Waals surface area contributed by atoms with Crippen LogP contribution in [0.1, 0.15) is 0 Å². The van der Waals surface area contributed by atoms with E-state index in [2.05, 4.69) is 0 Å². The summed E-state index contributed by atoms with van der Waals surface area (Å²) in [5.41, 5.74) is 0. The monoisotopic (exact) mass is 68.0 g/mol. The van der Waals surface area contributed by atoms with E-state index < -0.39 is 0 Å². The highest BCUT2D eigenvalue weighted by Gasteiger charge is 0.00000301. The molecule has 0 saturated carbocycles. The Labute approximate surface area is 23.9 Å². The summed E-state index contributed by atoms with van der Waals surface area (Å²) < 4.78 is 0. The Kier molecular flexibility index (Phi) is 174000. The summed E-state index contributed by atoms with van der Waals surface area (Å²) in [7, 11) is 0. The molecule has 27 valence electrons. The zero-order valence-electron chi connectivity index (χ0n) is 1.71. The topological polar surface area (TPSA) is 0 Å². The standard InChI is InChI=1S/B.3FH/h;3*1H/p-3. The van der Waals surface area contributed by atoms with Crippen LogP contribution in [-0.4, -0.2) is 8.41 Å². The third-order valence-corrected chi connectivity index (χ3v) is 0. The van der Waals surface area contributed by atoms with Crippen molar-refractivity contribution in [2.45, 2.75) is 0 Å². The van der Waals surface area contributed by atoms with E-state index in [1.54, 1.807) is 0 Å². The van der Waals surface area contributed by atoms with E-state index in [0.717, 1.165) is 0 Å². The lowest BCUT2D eigenvalue weighted by molar-refractivity contribution is -0.00100. The first-order valence-corrected chi connectivity index (χ1v) is 0. The molecule has 0 aromatic rings. The van der Waals surface area contributed by atoms with Gasteiger partial charge in [-0.25, -0.2) is 0 Å². The van der Waals surface area contributed by atoms with Crippen LogP contribution < -0.4 is 14.1 Å². The Hall–Kier alpha value is -0.145. The molecule has 0 bridgehead atoms. The Bertz CT molecular complexity index is 3.25. The van der Waals surface area contributed by atoms with Gasteiger partial charge in [0.15, 0.2) is 0 Å². The van der Waals surface area contributed by atoms with Crippen LogP contribution in [0.15, 0.2) is 0 Å². The summed E-state index contributed by atoms with van der Waals surface area (Å²) in [6.07, 6.45) is 0. The van der Waals surface area contributed by atoms with Crippen molar-refractivity contribution in [2.75, 3.05) is 0 Å². The molecular formula is BF3-3. The molecule has 0 fully saturated rings. The highest BCUT2D eigenvalue weighted by Crippen LogP contribution is -0.381. The summed E-state index contributed by atoms with van der Waals surface area (Å²) in [6, 6.07) is 0. The molecule has 0 saturated heterocycles. The van der Waals surface area contributed by atoms with Gasteiger partial charge in [0.05, 0.1) is 0 Å². The molecule has 0 spiro atoms. The molecule has 0 amide bonds. The minimum absolute atomic E-state index is 0. The minimum atomic E-state index is 0. The lowest BCUT2D eigenvalue weighted by Crippen LogP contribution is -3.00. The van der Waals surface area contributed by atoms with Gasteiger partial charge >= 0.3 is 0 Å². The van der Waals surface area contributed by atoms with Crippen LogP contribution in [-0.2, 0) is 0 Å². The molecule has 0 nitrogen and oxygen atoms in total. The summed E-state index contributed by atoms with van der Waals surface area (Å²) in [5.74, 6) is 0. The van der Waals surface area contributed by atoms with E-state index in [-0.39, 0.29) is 22.5 Å². The van der Waals surface area contributed by atoms with Gasteiger partial charge in [-0.2, -0.15) is 0 Å². The van der Waals surface area contributed by atoms with Crippen molar-refractivity contribution in [2.24, 2.45) is 0 Å². The van der Waals surface area contributed by atoms with Crippen molar-refractivity contribution < 1.29 is 14.1 Å². The summed E-state index contributed by atoms with van der Waals surface area (Å²) in [4.78, 5) is 0. The molecule has 0 aromatic heterocycles. The quantitative estimate of drug-likeness (QED) is 0.247. The van der Waals surface area contributed by atoms with Crippen LogP contribution in [0.5, 0.6) is 0 Å². The van der Waals surface area contributed by atoms with E-state index in [1.807, 2.05) is 0 Å². The van der Waals surface area contributed by atoms with Gasteiger partial charge < -0.3 is 14.1 Å². The van der Waals surface area contributed by atoms with Crippen molar-refractivity contribution in [3.63, 3.8) is 0 Å². The number of hydrogen-bond donors (Lipinski definition) is 0. The Morgan fingerprint density at radius 1 is 0.500 bits per heavy atom. The van der Waals surface area contributed by atoms with Crippen LogP contribution in [0, 0.1) is 0 Å². The second-order valence-corrected chi connectivity index (χ2v) is 0. The molecule has 0 aromatic carbocycles. The van der Waals surface area contributed by atoms with Crippen molar-refractivity contribution in [1.82, 2.24) is 0 Å². The van der Waals surface area contributed by atoms with Crippen LogP contribution in [0.4, 0.5) is 0 Å². The summed E-state index contributed by atoms with van der Waals surface area (Å²) in [5, 5.41) is 0. The molecule has 0 atom stereocenters. The first-order valence-electron chi connectivity index (χ1n) is 0. The third-order valence-electron chi connectivity index (χ3n) is 0. The van der Waals surface area contributed by atoms with Crippen LogP contribution >= 0.6 is 0 Å². The number of halogens is 3. The second-order valence-electron chi connectivity index (χ2n) is 0. The van der Waals surface area contributed by atoms with Crippen LogP contribution in [0.3, 0.4) is 0 Å². The van der Waals surface area contributed by atoms with Crippen LogP contribution in [0.2, 0.25) is 0 Å². The fourth-order valence-corrected chi connectivity index (χ4v) is 0. The average Bonchev–Trinajstić information content (AvgIpc) is 0. The SMILES string of the molecule is [B].[F-].[F-].[F-]. The third kappa shape index (κ3) is 64.4. The number of hydrogen-bond acceptors (Lipinski definition) is 0. The maximum atomic E-state index is 0. The Balaban J connectivity index is 0. The predicted molar refractivity (Wildman–Crippen MR) is 5.75 cm³/mol. The van der Waals surface area contributed by atoms with Gasteiger partial charge in [0.25, 0.3) is 0 Å². The molecule has 0 aliphatic rings. The van der Waals surface area contributed by atoms with Gasteiger partial charge in [0.2, 0.25) is 0 Å². The molecule has 4 heteroatoms. The summed E-state index contributed by atoms with van der Waals surface area (Å²) >= 11 is 0. The second kappa shape index (κ2) is 467. The van der Waals surface area contributed by atoms with Gasteiger partial charge in [-0.05, 0) is 0 Å². The van der Waals surface area contributed by atoms with Crippen LogP contribution in [0.25, 0.3) is 0 Å². The number of rotatable bonds is 0. The van der Waals surface area contributed by atoms with Gasteiger partial charge in [-0.1, -0.05) is 0 Å². The molecule has 3 radical (unpaired) electrons. The molecule has 0 N–H and O–H groups in total. The molecule has 4 heavy (non-hydrogen) atoms. The largest absolute Gasteiger partial charge is 1.00 e. The van der Waals surface area contributed by atoms with Crippen molar-refractivity contribution in [3.05, 3.63) is 0 Å². The molecule has 0 unspecified atom stereocenters. The van der Waals surface area contributed by atoms with Gasteiger partial charge in [-0.15, -0.1) is 0 Å². The van der Waals surface area contributed by atoms with Crippen molar-refractivity contribution in [1.29, 1.82) is 0 Å². The van der Waals surface area contributed by atoms with Gasteiger partial charge in [0.1, 0.15) is 0 Å². The lowest BCUT2D eigenvalue weighted by Gasteiger charge is -1.00. The van der Waals surface area contributed by atoms with Gasteiger partial charge in [-0.3, -0.25) is 0 Å². The highest BCUT2D eigenvalue weighted by atomic mass is 19.0. The van der Waals surface area contributed by atoms with E-state index in [0.29, 0.717) is 0 Å². The molecule has 0 aliphatic heterocycles. The highest BCUT2D eigenvalue weighted by molar-refractivity contribution is 5.75. The first-order chi connectivity index (χ1) is 0.